The summed E-state index contributed by atoms with van der Waals surface area (Å²) < 4.78 is 11.7. The Hall–Kier alpha value is -3.59. The summed E-state index contributed by atoms with van der Waals surface area (Å²) in [6, 6.07) is 11.9. The van der Waals surface area contributed by atoms with Gasteiger partial charge in [0.2, 0.25) is 0 Å². The largest absolute Gasteiger partial charge is 0.454 e. The molecule has 0 amide bonds. The van der Waals surface area contributed by atoms with Gasteiger partial charge in [-0.2, -0.15) is 0 Å². The minimum Gasteiger partial charge on any atom is -0.454 e. The van der Waals surface area contributed by atoms with E-state index >= 15 is 0 Å². The maximum Gasteiger partial charge on any atom is 0.164 e. The maximum absolute atomic E-state index is 7.53. The van der Waals surface area contributed by atoms with Crippen molar-refractivity contribution in [3.05, 3.63) is 59.6 Å². The van der Waals surface area contributed by atoms with E-state index in [4.69, 9.17) is 26.1 Å². The average molecular weight is 462 g/mol. The van der Waals surface area contributed by atoms with Gasteiger partial charge in [0.15, 0.2) is 5.76 Å². The minimum atomic E-state index is 0.0685. The Morgan fingerprint density at radius 1 is 1.21 bits per heavy atom. The molecule has 9 nitrogen and oxygen atoms in total. The number of benzene rings is 1. The zero-order valence-corrected chi connectivity index (χ0v) is 19.2. The lowest BCUT2D eigenvalue weighted by Gasteiger charge is -2.23. The molecule has 2 aliphatic rings. The summed E-state index contributed by atoms with van der Waals surface area (Å²) >= 11 is 0. The number of allylic oxidation sites excluding steroid dienone is 2. The third-order valence-electron chi connectivity index (χ3n) is 5.84. The van der Waals surface area contributed by atoms with E-state index in [9.17, 15) is 0 Å². The smallest absolute Gasteiger partial charge is 0.164 e. The summed E-state index contributed by atoms with van der Waals surface area (Å²) in [6.07, 6.45) is 8.54. The van der Waals surface area contributed by atoms with Crippen molar-refractivity contribution in [2.45, 2.75) is 44.6 Å². The van der Waals surface area contributed by atoms with Gasteiger partial charge in [-0.1, -0.05) is 12.1 Å². The third kappa shape index (κ3) is 6.95. The quantitative estimate of drug-likeness (QED) is 0.171. The molecule has 2 fully saturated rings. The van der Waals surface area contributed by atoms with Crippen molar-refractivity contribution in [2.24, 2.45) is 21.8 Å². The summed E-state index contributed by atoms with van der Waals surface area (Å²) in [5.41, 5.74) is 16.1. The van der Waals surface area contributed by atoms with Gasteiger partial charge in [-0.25, -0.2) is 10.5 Å². The molecule has 2 aromatic rings. The number of ether oxygens (including phenoxy) is 2. The van der Waals surface area contributed by atoms with E-state index in [1.54, 1.807) is 18.5 Å². The number of aliphatic imine (C=N–C) groups is 1. The number of amidine groups is 1. The summed E-state index contributed by atoms with van der Waals surface area (Å²) in [7, 11) is 0. The highest BCUT2D eigenvalue weighted by atomic mass is 16.5. The highest BCUT2D eigenvalue weighted by molar-refractivity contribution is 5.79. The highest BCUT2D eigenvalue weighted by Crippen LogP contribution is 2.27. The van der Waals surface area contributed by atoms with Crippen LogP contribution in [-0.4, -0.2) is 36.3 Å². The van der Waals surface area contributed by atoms with Gasteiger partial charge in [0.05, 0.1) is 18.0 Å². The normalized spacial score (nSPS) is 17.3. The fourth-order valence-corrected chi connectivity index (χ4v) is 3.71. The van der Waals surface area contributed by atoms with Gasteiger partial charge in [0.1, 0.15) is 17.4 Å². The second-order valence-electron chi connectivity index (χ2n) is 8.58. The fraction of sp³-hybridized carbons (Fsp3) is 0.400. The topological polar surface area (TPSA) is 142 Å². The Kier molecular flexibility index (Phi) is 7.98. The number of anilines is 2. The first-order valence-corrected chi connectivity index (χ1v) is 11.7. The molecule has 2 heterocycles. The van der Waals surface area contributed by atoms with Gasteiger partial charge in [0, 0.05) is 43.5 Å². The predicted molar refractivity (Wildman–Crippen MR) is 132 cm³/mol. The second-order valence-corrected chi connectivity index (χ2v) is 8.58. The summed E-state index contributed by atoms with van der Waals surface area (Å²) in [4.78, 5) is 9.02. The number of hydrogen-bond acceptors (Lipinski definition) is 8. The van der Waals surface area contributed by atoms with Crippen LogP contribution in [0.15, 0.2) is 64.2 Å². The molecule has 0 spiro atoms. The highest BCUT2D eigenvalue weighted by Gasteiger charge is 2.22. The van der Waals surface area contributed by atoms with Crippen LogP contribution in [0.2, 0.25) is 0 Å². The molecule has 0 bridgehead atoms. The predicted octanol–water partition coefficient (Wildman–Crippen LogP) is 4.97. The van der Waals surface area contributed by atoms with Gasteiger partial charge in [0.25, 0.3) is 0 Å². The first-order chi connectivity index (χ1) is 16.6. The van der Waals surface area contributed by atoms with Crippen molar-refractivity contribution in [1.29, 1.82) is 10.9 Å². The summed E-state index contributed by atoms with van der Waals surface area (Å²) in [5, 5.41) is 14.0. The summed E-state index contributed by atoms with van der Waals surface area (Å²) in [5.74, 6) is 2.16. The van der Waals surface area contributed by atoms with Crippen molar-refractivity contribution in [1.82, 2.24) is 4.98 Å². The third-order valence-corrected chi connectivity index (χ3v) is 5.84. The number of pyridine rings is 1. The standard InChI is InChI=1S/C25H31N7O2/c26-23(32-28)7-4-17-2-1-3-20(14-17)31-24-15-21(8-11-29-24)34-22(16-30-19-5-6-19)25(27)18-9-12-33-13-10-18/h1-3,8,11,14-16,18-19,26,28H,4-7,9-10,12-13,27H2,(H,29,31)/b25-22+,26-23?,30-16?,32-28?. The lowest BCUT2D eigenvalue weighted by molar-refractivity contribution is 0.0746. The minimum absolute atomic E-state index is 0.0685. The molecule has 1 aromatic carbocycles. The molecule has 1 aromatic heterocycles. The monoisotopic (exact) mass is 461 g/mol. The number of aryl methyl sites for hydroxylation is 1. The first-order valence-electron chi connectivity index (χ1n) is 11.7. The van der Waals surface area contributed by atoms with E-state index in [-0.39, 0.29) is 11.8 Å². The lowest BCUT2D eigenvalue weighted by atomic mass is 9.96. The van der Waals surface area contributed by atoms with Crippen LogP contribution in [0.1, 0.15) is 37.7 Å². The molecule has 5 N–H and O–H groups in total. The van der Waals surface area contributed by atoms with E-state index in [1.165, 1.54) is 0 Å². The Balaban J connectivity index is 1.47. The second kappa shape index (κ2) is 11.5. The number of rotatable bonds is 10. The van der Waals surface area contributed by atoms with Crippen LogP contribution in [0.5, 0.6) is 5.75 Å². The Bertz CT molecular complexity index is 1070. The van der Waals surface area contributed by atoms with Crippen molar-refractivity contribution < 1.29 is 9.47 Å². The van der Waals surface area contributed by atoms with Crippen LogP contribution in [0, 0.1) is 16.9 Å². The van der Waals surface area contributed by atoms with E-state index in [1.807, 2.05) is 30.3 Å². The number of nitrogens with zero attached hydrogens (tertiary/aromatic N) is 3. The lowest BCUT2D eigenvalue weighted by Crippen LogP contribution is -2.24. The number of aromatic nitrogens is 1. The molecule has 178 valence electrons. The zero-order valence-electron chi connectivity index (χ0n) is 19.2. The number of nitrogens with two attached hydrogens (primary N) is 1. The molecule has 34 heavy (non-hydrogen) atoms. The Morgan fingerprint density at radius 2 is 2.03 bits per heavy atom. The van der Waals surface area contributed by atoms with Crippen molar-refractivity contribution in [3.8, 4) is 5.75 Å². The molecular formula is C25H31N7O2. The molecular weight excluding hydrogens is 430 g/mol. The Morgan fingerprint density at radius 3 is 2.79 bits per heavy atom. The Labute approximate surface area is 199 Å². The van der Waals surface area contributed by atoms with Crippen LogP contribution < -0.4 is 15.8 Å². The van der Waals surface area contributed by atoms with E-state index in [0.29, 0.717) is 49.4 Å². The van der Waals surface area contributed by atoms with Crippen LogP contribution >= 0.6 is 0 Å². The van der Waals surface area contributed by atoms with E-state index in [0.717, 1.165) is 42.6 Å². The SMILES string of the molecule is N=NC(=N)CCc1cccc(Nc2cc(O/C(C=NC3CC3)=C(/N)C3CCOCC3)ccn2)c1. The van der Waals surface area contributed by atoms with Crippen LogP contribution in [0.3, 0.4) is 0 Å². The molecule has 1 saturated heterocycles. The zero-order chi connectivity index (χ0) is 23.8. The number of nitrogens with one attached hydrogen (secondary N) is 3. The van der Waals surface area contributed by atoms with Gasteiger partial charge in [-0.05, 0) is 55.9 Å². The maximum atomic E-state index is 7.53. The molecule has 1 aliphatic carbocycles. The van der Waals surface area contributed by atoms with Crippen molar-refractivity contribution >= 4 is 23.6 Å². The molecule has 0 radical (unpaired) electrons. The van der Waals surface area contributed by atoms with Crippen LogP contribution in [-0.2, 0) is 11.2 Å². The molecule has 9 heteroatoms. The fourth-order valence-electron chi connectivity index (χ4n) is 3.71. The molecule has 1 aliphatic heterocycles. The van der Waals surface area contributed by atoms with Gasteiger partial charge >= 0.3 is 0 Å². The molecule has 0 atom stereocenters. The van der Waals surface area contributed by atoms with Gasteiger partial charge < -0.3 is 20.5 Å². The van der Waals surface area contributed by atoms with Crippen LogP contribution in [0.25, 0.3) is 0 Å². The number of hydrogen-bond donors (Lipinski definition) is 4. The summed E-state index contributed by atoms with van der Waals surface area (Å²) in [6.45, 7) is 1.42. The van der Waals surface area contributed by atoms with E-state index in [2.05, 4.69) is 20.4 Å². The van der Waals surface area contributed by atoms with Gasteiger partial charge in [-0.3, -0.25) is 10.4 Å². The van der Waals surface area contributed by atoms with E-state index < -0.39 is 0 Å². The van der Waals surface area contributed by atoms with Crippen molar-refractivity contribution in [2.75, 3.05) is 18.5 Å². The van der Waals surface area contributed by atoms with Crippen LogP contribution in [0.4, 0.5) is 11.5 Å². The average Bonchev–Trinajstić information content (AvgIpc) is 3.70. The molecule has 4 rings (SSSR count). The first kappa shape index (κ1) is 23.6. The molecule has 1 saturated carbocycles. The van der Waals surface area contributed by atoms with Crippen molar-refractivity contribution in [3.63, 3.8) is 0 Å². The molecule has 0 unspecified atom stereocenters. The van der Waals surface area contributed by atoms with Gasteiger partial charge in [-0.15, -0.1) is 5.11 Å².